The summed E-state index contributed by atoms with van der Waals surface area (Å²) in [5.74, 6) is -0.448. The fourth-order valence-electron chi connectivity index (χ4n) is 1.66. The molecule has 1 saturated heterocycles. The Kier molecular flexibility index (Phi) is 2.85. The standard InChI is InChI=1S/C11H13N3O2/c1-7-4-9(2-3-12-7)14-11(16)8-5-10(15)13-6-8/h2-4,8H,5-6H2,1H3,(H,13,15)(H,12,14,16). The van der Waals surface area contributed by atoms with Crippen LogP contribution in [0.25, 0.3) is 0 Å². The molecule has 1 fully saturated rings. The smallest absolute Gasteiger partial charge is 0.229 e. The van der Waals surface area contributed by atoms with Crippen LogP contribution in [-0.4, -0.2) is 23.3 Å². The van der Waals surface area contributed by atoms with Gasteiger partial charge in [0.25, 0.3) is 0 Å². The van der Waals surface area contributed by atoms with Crippen LogP contribution in [0.5, 0.6) is 0 Å². The summed E-state index contributed by atoms with van der Waals surface area (Å²) >= 11 is 0. The first-order chi connectivity index (χ1) is 7.65. The Hall–Kier alpha value is -1.91. The fourth-order valence-corrected chi connectivity index (χ4v) is 1.66. The topological polar surface area (TPSA) is 71.1 Å². The molecule has 1 atom stereocenters. The number of nitrogens with one attached hydrogen (secondary N) is 2. The van der Waals surface area contributed by atoms with E-state index in [4.69, 9.17) is 0 Å². The van der Waals surface area contributed by atoms with Crippen molar-refractivity contribution in [3.8, 4) is 0 Å². The Bertz CT molecular complexity index is 431. The largest absolute Gasteiger partial charge is 0.355 e. The number of hydrogen-bond donors (Lipinski definition) is 2. The third-order valence-electron chi connectivity index (χ3n) is 2.51. The minimum Gasteiger partial charge on any atom is -0.355 e. The Morgan fingerprint density at radius 1 is 1.62 bits per heavy atom. The summed E-state index contributed by atoms with van der Waals surface area (Å²) in [7, 11) is 0. The number of pyridine rings is 1. The van der Waals surface area contributed by atoms with Crippen molar-refractivity contribution in [1.82, 2.24) is 10.3 Å². The molecule has 2 heterocycles. The molecular weight excluding hydrogens is 206 g/mol. The highest BCUT2D eigenvalue weighted by Crippen LogP contribution is 2.13. The van der Waals surface area contributed by atoms with Crippen molar-refractivity contribution < 1.29 is 9.59 Å². The lowest BCUT2D eigenvalue weighted by atomic mass is 10.1. The highest BCUT2D eigenvalue weighted by molar-refractivity contribution is 5.97. The van der Waals surface area contributed by atoms with Gasteiger partial charge in [-0.1, -0.05) is 0 Å². The minimum absolute atomic E-state index is 0.0638. The third kappa shape index (κ3) is 2.36. The number of aryl methyl sites for hydroxylation is 1. The molecule has 84 valence electrons. The summed E-state index contributed by atoms with van der Waals surface area (Å²) < 4.78 is 0. The number of rotatable bonds is 2. The van der Waals surface area contributed by atoms with E-state index in [1.165, 1.54) is 0 Å². The predicted molar refractivity (Wildman–Crippen MR) is 58.7 cm³/mol. The van der Waals surface area contributed by atoms with Crippen LogP contribution in [0.2, 0.25) is 0 Å². The number of anilines is 1. The maximum Gasteiger partial charge on any atom is 0.229 e. The summed E-state index contributed by atoms with van der Waals surface area (Å²) in [6, 6.07) is 3.53. The molecule has 2 rings (SSSR count). The second kappa shape index (κ2) is 4.30. The lowest BCUT2D eigenvalue weighted by Crippen LogP contribution is -2.24. The number of hydrogen-bond acceptors (Lipinski definition) is 3. The van der Waals surface area contributed by atoms with Crippen molar-refractivity contribution in [1.29, 1.82) is 0 Å². The first kappa shape index (κ1) is 10.6. The van der Waals surface area contributed by atoms with E-state index in [1.807, 2.05) is 6.92 Å². The van der Waals surface area contributed by atoms with E-state index in [1.54, 1.807) is 18.3 Å². The molecule has 2 amide bonds. The molecule has 1 aromatic heterocycles. The molecule has 0 aromatic carbocycles. The average molecular weight is 219 g/mol. The second-order valence-corrected chi connectivity index (χ2v) is 3.88. The zero-order valence-corrected chi connectivity index (χ0v) is 8.99. The van der Waals surface area contributed by atoms with E-state index < -0.39 is 0 Å². The normalized spacial score (nSPS) is 19.3. The van der Waals surface area contributed by atoms with Gasteiger partial charge >= 0.3 is 0 Å². The lowest BCUT2D eigenvalue weighted by Gasteiger charge is -2.09. The summed E-state index contributed by atoms with van der Waals surface area (Å²) in [6.45, 7) is 2.28. The first-order valence-corrected chi connectivity index (χ1v) is 5.15. The average Bonchev–Trinajstić information content (AvgIpc) is 2.65. The highest BCUT2D eigenvalue weighted by Gasteiger charge is 2.27. The van der Waals surface area contributed by atoms with Gasteiger partial charge in [-0.3, -0.25) is 14.6 Å². The van der Waals surface area contributed by atoms with E-state index >= 15 is 0 Å². The molecule has 16 heavy (non-hydrogen) atoms. The van der Waals surface area contributed by atoms with Crippen LogP contribution >= 0.6 is 0 Å². The van der Waals surface area contributed by atoms with Crippen LogP contribution in [-0.2, 0) is 9.59 Å². The molecule has 1 unspecified atom stereocenters. The van der Waals surface area contributed by atoms with Gasteiger partial charge in [0, 0.05) is 30.5 Å². The number of amides is 2. The van der Waals surface area contributed by atoms with Crippen LogP contribution < -0.4 is 10.6 Å². The van der Waals surface area contributed by atoms with Gasteiger partial charge in [-0.05, 0) is 19.1 Å². The molecule has 1 aliphatic rings. The van der Waals surface area contributed by atoms with E-state index in [0.717, 1.165) is 11.4 Å². The van der Waals surface area contributed by atoms with Crippen LogP contribution in [0.3, 0.4) is 0 Å². The summed E-state index contributed by atoms with van der Waals surface area (Å²) in [5.41, 5.74) is 1.57. The summed E-state index contributed by atoms with van der Waals surface area (Å²) in [6.07, 6.45) is 1.92. The van der Waals surface area contributed by atoms with Crippen molar-refractivity contribution in [2.45, 2.75) is 13.3 Å². The molecule has 5 nitrogen and oxygen atoms in total. The minimum atomic E-state index is -0.263. The number of aromatic nitrogens is 1. The molecule has 0 aliphatic carbocycles. The van der Waals surface area contributed by atoms with Crippen molar-refractivity contribution in [2.75, 3.05) is 11.9 Å². The van der Waals surface area contributed by atoms with Gasteiger partial charge in [0.2, 0.25) is 11.8 Å². The quantitative estimate of drug-likeness (QED) is 0.759. The zero-order valence-electron chi connectivity index (χ0n) is 8.99. The van der Waals surface area contributed by atoms with Crippen LogP contribution in [0.15, 0.2) is 18.3 Å². The van der Waals surface area contributed by atoms with Gasteiger partial charge in [0.05, 0.1) is 5.92 Å². The maximum absolute atomic E-state index is 11.7. The van der Waals surface area contributed by atoms with Gasteiger partial charge < -0.3 is 10.6 Å². The van der Waals surface area contributed by atoms with Crippen molar-refractivity contribution in [3.05, 3.63) is 24.0 Å². The maximum atomic E-state index is 11.7. The fraction of sp³-hybridized carbons (Fsp3) is 0.364. The molecule has 1 aromatic rings. The van der Waals surface area contributed by atoms with Crippen LogP contribution in [0.4, 0.5) is 5.69 Å². The number of carbonyl (C=O) groups is 2. The Morgan fingerprint density at radius 2 is 2.44 bits per heavy atom. The number of carbonyl (C=O) groups excluding carboxylic acids is 2. The van der Waals surface area contributed by atoms with Gasteiger partial charge in [-0.25, -0.2) is 0 Å². The van der Waals surface area contributed by atoms with E-state index in [-0.39, 0.29) is 24.2 Å². The molecule has 0 radical (unpaired) electrons. The van der Waals surface area contributed by atoms with E-state index in [0.29, 0.717) is 6.54 Å². The van der Waals surface area contributed by atoms with Gasteiger partial charge in [0.15, 0.2) is 0 Å². The van der Waals surface area contributed by atoms with E-state index in [2.05, 4.69) is 15.6 Å². The van der Waals surface area contributed by atoms with Crippen LogP contribution in [0, 0.1) is 12.8 Å². The van der Waals surface area contributed by atoms with Gasteiger partial charge in [-0.2, -0.15) is 0 Å². The molecule has 5 heteroatoms. The van der Waals surface area contributed by atoms with Crippen molar-refractivity contribution in [3.63, 3.8) is 0 Å². The summed E-state index contributed by atoms with van der Waals surface area (Å²) in [4.78, 5) is 26.8. The van der Waals surface area contributed by atoms with Crippen molar-refractivity contribution >= 4 is 17.5 Å². The molecule has 0 spiro atoms. The van der Waals surface area contributed by atoms with E-state index in [9.17, 15) is 9.59 Å². The lowest BCUT2D eigenvalue weighted by molar-refractivity contribution is -0.123. The molecule has 1 aliphatic heterocycles. The first-order valence-electron chi connectivity index (χ1n) is 5.15. The van der Waals surface area contributed by atoms with Crippen LogP contribution in [0.1, 0.15) is 12.1 Å². The SMILES string of the molecule is Cc1cc(NC(=O)C2CNC(=O)C2)ccn1. The predicted octanol–water partition coefficient (Wildman–Crippen LogP) is 0.465. The van der Waals surface area contributed by atoms with Gasteiger partial charge in [-0.15, -0.1) is 0 Å². The molecule has 0 saturated carbocycles. The molecule has 0 bridgehead atoms. The van der Waals surface area contributed by atoms with Crippen molar-refractivity contribution in [2.24, 2.45) is 5.92 Å². The Labute approximate surface area is 93.3 Å². The second-order valence-electron chi connectivity index (χ2n) is 3.88. The summed E-state index contributed by atoms with van der Waals surface area (Å²) in [5, 5.41) is 5.41. The zero-order chi connectivity index (χ0) is 11.5. The number of nitrogens with zero attached hydrogens (tertiary/aromatic N) is 1. The molecule has 2 N–H and O–H groups in total. The Balaban J connectivity index is 1.99. The highest BCUT2D eigenvalue weighted by atomic mass is 16.2. The molecular formula is C11H13N3O2. The Morgan fingerprint density at radius 3 is 3.06 bits per heavy atom. The monoisotopic (exact) mass is 219 g/mol. The third-order valence-corrected chi connectivity index (χ3v) is 2.51. The van der Waals surface area contributed by atoms with Gasteiger partial charge in [0.1, 0.15) is 0 Å².